The Morgan fingerprint density at radius 3 is 1.98 bits per heavy atom. The molecule has 1 aliphatic carbocycles. The molecule has 8 bridgehead atoms. The summed E-state index contributed by atoms with van der Waals surface area (Å²) in [5.74, 6) is -0.869. The van der Waals surface area contributed by atoms with Crippen molar-refractivity contribution in [2.75, 3.05) is 13.7 Å². The van der Waals surface area contributed by atoms with Crippen molar-refractivity contribution in [1.29, 1.82) is 0 Å². The van der Waals surface area contributed by atoms with Crippen LogP contribution < -0.4 is 9.97 Å². The van der Waals surface area contributed by atoms with Gasteiger partial charge in [0.25, 0.3) is 0 Å². The minimum Gasteiger partial charge on any atom is -0.664 e. The summed E-state index contributed by atoms with van der Waals surface area (Å²) in [6.45, 7) is 23.3. The van der Waals surface area contributed by atoms with Crippen LogP contribution >= 0.6 is 0 Å². The summed E-state index contributed by atoms with van der Waals surface area (Å²) in [5, 5.41) is 10.3. The Bertz CT molecular complexity index is 2280. The van der Waals surface area contributed by atoms with Crippen LogP contribution in [0, 0.1) is 61.2 Å². The van der Waals surface area contributed by atoms with Gasteiger partial charge in [-0.15, -0.1) is 22.8 Å². The summed E-state index contributed by atoms with van der Waals surface area (Å²) < 4.78 is 11.0. The van der Waals surface area contributed by atoms with E-state index in [1.165, 1.54) is 57.6 Å². The third kappa shape index (κ3) is 11.8. The fraction of sp³-hybridized carbons (Fsp3) is 0.600. The number of carbonyl (C=O) groups is 4. The predicted octanol–water partition coefficient (Wildman–Crippen LogP) is 12.9. The molecule has 11 heteroatoms. The number of hydrogen-bond donors (Lipinski definition) is 0. The zero-order valence-corrected chi connectivity index (χ0v) is 43.5. The van der Waals surface area contributed by atoms with Crippen LogP contribution in [0.3, 0.4) is 0 Å². The van der Waals surface area contributed by atoms with Gasteiger partial charge in [0.15, 0.2) is 11.6 Å². The molecule has 0 unspecified atom stereocenters. The monoisotopic (exact) mass is 911 g/mol. The molecule has 6 rings (SSSR count). The molecule has 2 aromatic rings. The van der Waals surface area contributed by atoms with Gasteiger partial charge in [0.1, 0.15) is 12.5 Å². The number of aromatic nitrogens is 2. The molecule has 5 heterocycles. The first kappa shape index (κ1) is 52.9. The average Bonchev–Trinajstić information content (AvgIpc) is 4.00. The predicted molar refractivity (Wildman–Crippen MR) is 266 cm³/mol. The molecular formula is C55H74MgN4O6-2. The number of ether oxygens (including phenoxy) is 2. The SMILES string of the molecule is CC[C@H]1/C2=C/c3[n-]c4c(c3C)C(=O)[C@H](C(=O)OC)/C4=C3/[N-]/C(=C/c4[n-]c(c(C(C)=O)c4C)/C=C(\[N-]2)[C@@H]1C)[C@@H](C)[C@@H]3CCC(=O)OC/C=C(\C)CCC[C@H](C)CCC[C@H](C)CCCC(C)C.[Mg+2]. The van der Waals surface area contributed by atoms with Crippen LogP contribution in [0.5, 0.6) is 0 Å². The molecule has 0 radical (unpaired) electrons. The third-order valence-electron chi connectivity index (χ3n) is 14.8. The Morgan fingerprint density at radius 1 is 0.758 bits per heavy atom. The minimum atomic E-state index is -1.25. The molecule has 0 spiro atoms. The molecule has 354 valence electrons. The van der Waals surface area contributed by atoms with Crippen molar-refractivity contribution in [1.82, 2.24) is 9.97 Å². The van der Waals surface area contributed by atoms with Crippen LogP contribution in [0.4, 0.5) is 0 Å². The van der Waals surface area contributed by atoms with Gasteiger partial charge in [0.2, 0.25) is 0 Å². The largest absolute Gasteiger partial charge is 2.00 e. The number of Topliss-reactive ketones (excluding diaryl/α,β-unsaturated/α-hetero) is 2. The maximum Gasteiger partial charge on any atom is 2.00 e. The van der Waals surface area contributed by atoms with Gasteiger partial charge in [-0.3, -0.25) is 19.2 Å². The van der Waals surface area contributed by atoms with Gasteiger partial charge >= 0.3 is 35.0 Å². The smallest absolute Gasteiger partial charge is 0.664 e. The first-order valence-corrected chi connectivity index (χ1v) is 24.6. The Morgan fingerprint density at radius 2 is 1.35 bits per heavy atom. The zero-order chi connectivity index (χ0) is 47.3. The Hall–Kier alpha value is -4.09. The van der Waals surface area contributed by atoms with Gasteiger partial charge in [-0.05, 0) is 94.5 Å². The van der Waals surface area contributed by atoms with Crippen molar-refractivity contribution in [3.63, 3.8) is 0 Å². The van der Waals surface area contributed by atoms with Gasteiger partial charge in [0, 0.05) is 17.5 Å². The normalized spacial score (nSPS) is 25.5. The van der Waals surface area contributed by atoms with Crippen molar-refractivity contribution in [3.05, 3.63) is 90.1 Å². The van der Waals surface area contributed by atoms with Gasteiger partial charge in [-0.2, -0.15) is 22.8 Å². The summed E-state index contributed by atoms with van der Waals surface area (Å²) in [5.41, 5.74) is 9.10. The zero-order valence-electron chi connectivity index (χ0n) is 42.1. The number of rotatable bonds is 20. The molecule has 2 aromatic heterocycles. The topological polar surface area (TPSA) is 143 Å². The second-order valence-electron chi connectivity index (χ2n) is 20.2. The molecule has 2 saturated heterocycles. The number of allylic oxidation sites excluding steroid dienone is 5. The van der Waals surface area contributed by atoms with Crippen molar-refractivity contribution in [3.8, 4) is 0 Å². The van der Waals surface area contributed by atoms with Crippen molar-refractivity contribution in [2.45, 2.75) is 153 Å². The molecule has 66 heavy (non-hydrogen) atoms. The van der Waals surface area contributed by atoms with Gasteiger partial charge in [-0.25, -0.2) is 0 Å². The molecular weight excluding hydrogens is 837 g/mol. The van der Waals surface area contributed by atoms with E-state index in [2.05, 4.69) is 48.5 Å². The summed E-state index contributed by atoms with van der Waals surface area (Å²) >= 11 is 0. The molecule has 0 N–H and O–H groups in total. The maximum atomic E-state index is 14.4. The number of methoxy groups -OCH3 is 1. The van der Waals surface area contributed by atoms with Crippen LogP contribution in [-0.4, -0.2) is 60.3 Å². The van der Waals surface area contributed by atoms with E-state index in [0.29, 0.717) is 68.8 Å². The third-order valence-corrected chi connectivity index (χ3v) is 14.8. The quantitative estimate of drug-likeness (QED) is 0.0420. The average molecular weight is 912 g/mol. The molecule has 7 atom stereocenters. The molecule has 0 aromatic carbocycles. The van der Waals surface area contributed by atoms with Crippen molar-refractivity contribution in [2.24, 2.45) is 47.3 Å². The molecule has 0 amide bonds. The molecule has 0 saturated carbocycles. The summed E-state index contributed by atoms with van der Waals surface area (Å²) in [6.07, 6.45) is 20.3. The number of ketones is 2. The van der Waals surface area contributed by atoms with Crippen LogP contribution in [-0.2, 0) is 19.1 Å². The van der Waals surface area contributed by atoms with E-state index in [-0.39, 0.29) is 77.3 Å². The van der Waals surface area contributed by atoms with E-state index in [9.17, 15) is 19.2 Å². The van der Waals surface area contributed by atoms with Crippen LogP contribution in [0.2, 0.25) is 0 Å². The van der Waals surface area contributed by atoms with E-state index >= 15 is 0 Å². The van der Waals surface area contributed by atoms with Crippen LogP contribution in [0.15, 0.2) is 34.4 Å². The van der Waals surface area contributed by atoms with E-state index in [1.807, 2.05) is 45.1 Å². The molecule has 3 aliphatic heterocycles. The molecule has 2 fully saturated rings. The standard InChI is InChI=1S/C55H76N4O6.Mg/c1-13-39-34(7)41-29-46-48(38(11)60)36(9)43(57-46)27-42-35(8)40(52(58-42)50-51(55(63)64-12)54(62)49-37(10)44(59-53(49)50)28-45(39)56-41)23-24-47(61)65-26-25-33(6)22-16-21-32(5)20-15-19-31(4)18-14-17-30(2)3;/h25,27-32,34-35,39-40,51H,13-24,26H2,1-12H3,(H2-2,56,57,58,59,60,62);/q-2;+2/p-2/b33-25+,42-27+,45-28-;/t31-,32-,34-,35+,39-,40+,51-;/m1./s1. The second kappa shape index (κ2) is 23.3. The first-order chi connectivity index (χ1) is 30.9. The number of nitrogens with zero attached hydrogens (tertiary/aromatic N) is 4. The van der Waals surface area contributed by atoms with Gasteiger partial charge in [0.05, 0.1) is 7.11 Å². The Kier molecular flexibility index (Phi) is 18.6. The van der Waals surface area contributed by atoms with E-state index in [0.717, 1.165) is 48.1 Å². The van der Waals surface area contributed by atoms with Crippen LogP contribution in [0.1, 0.15) is 194 Å². The molecule has 4 aliphatic rings. The number of fused-ring (bicyclic) bond motifs is 7. The van der Waals surface area contributed by atoms with Gasteiger partial charge in [-0.1, -0.05) is 140 Å². The fourth-order valence-corrected chi connectivity index (χ4v) is 10.6. The summed E-state index contributed by atoms with van der Waals surface area (Å²) in [4.78, 5) is 64.7. The number of esters is 2. The van der Waals surface area contributed by atoms with E-state index in [4.69, 9.17) is 30.1 Å². The van der Waals surface area contributed by atoms with Crippen molar-refractivity contribution < 1.29 is 28.7 Å². The minimum absolute atomic E-state index is 0. The second-order valence-corrected chi connectivity index (χ2v) is 20.2. The Balaban J connectivity index is 0.00000817. The molecule has 10 nitrogen and oxygen atoms in total. The Labute approximate surface area is 411 Å². The van der Waals surface area contributed by atoms with Crippen LogP contribution in [0.25, 0.3) is 34.4 Å². The number of carbonyl (C=O) groups excluding carboxylic acids is 4. The summed E-state index contributed by atoms with van der Waals surface area (Å²) in [7, 11) is 1.28. The van der Waals surface area contributed by atoms with E-state index in [1.54, 1.807) is 6.92 Å². The van der Waals surface area contributed by atoms with E-state index < -0.39 is 11.9 Å². The van der Waals surface area contributed by atoms with Crippen molar-refractivity contribution >= 4 is 70.4 Å². The summed E-state index contributed by atoms with van der Waals surface area (Å²) in [6, 6.07) is 0. The maximum absolute atomic E-state index is 14.4. The fourth-order valence-electron chi connectivity index (χ4n) is 10.6. The van der Waals surface area contributed by atoms with Gasteiger partial charge < -0.3 is 30.1 Å². The number of hydrogen-bond acceptors (Lipinski definition) is 6. The first-order valence-electron chi connectivity index (χ1n) is 24.6.